The van der Waals surface area contributed by atoms with Crippen molar-refractivity contribution in [3.8, 4) is 0 Å². The number of hydrogen-bond acceptors (Lipinski definition) is 12. The van der Waals surface area contributed by atoms with Gasteiger partial charge >= 0.3 is 31.7 Å². The monoisotopic (exact) mass is 992 g/mol. The van der Waals surface area contributed by atoms with Gasteiger partial charge in [0.1, 0.15) is 6.61 Å². The van der Waals surface area contributed by atoms with Gasteiger partial charge in [0.25, 0.3) is 0 Å². The number of unbranched alkanes of at least 4 members (excludes halogenated alkanes) is 30. The van der Waals surface area contributed by atoms with Gasteiger partial charge in [-0.1, -0.05) is 206 Å². The lowest BCUT2D eigenvalue weighted by Crippen LogP contribution is -2.28. The number of carboxylic acid groups (broad SMARTS) is 1. The highest BCUT2D eigenvalue weighted by atomic mass is 31.2. The topological polar surface area (TPSA) is 210 Å². The first-order valence-corrected chi connectivity index (χ1v) is 28.7. The quantitative estimate of drug-likeness (QED) is 0.0224. The van der Waals surface area contributed by atoms with Crippen molar-refractivity contribution >= 4 is 37.6 Å². The molecule has 0 saturated heterocycles. The molecule has 2 atom stereocenters. The van der Waals surface area contributed by atoms with E-state index in [0.717, 1.165) is 38.5 Å². The van der Waals surface area contributed by atoms with E-state index < -0.39 is 56.7 Å². The van der Waals surface area contributed by atoms with Gasteiger partial charge in [0, 0.05) is 13.0 Å². The SMILES string of the molecule is CCCCCCCCCCCCCCCCCCOC(=O)CC(COP(=O)(O)OCCNC(=O)CCC(=O)OCCOCCC(=O)O)C(=O)OCCCCCCCCCCCCCCCCCC. The second-order valence-electron chi connectivity index (χ2n) is 18.3. The summed E-state index contributed by atoms with van der Waals surface area (Å²) in [5.74, 6) is -4.70. The van der Waals surface area contributed by atoms with Crippen LogP contribution in [0.1, 0.15) is 245 Å². The number of esters is 3. The van der Waals surface area contributed by atoms with Gasteiger partial charge in [-0.25, -0.2) is 4.57 Å². The van der Waals surface area contributed by atoms with E-state index in [4.69, 9.17) is 33.1 Å². The Bertz CT molecular complexity index is 1270. The van der Waals surface area contributed by atoms with Crippen molar-refractivity contribution in [2.24, 2.45) is 5.92 Å². The average molecular weight is 992 g/mol. The summed E-state index contributed by atoms with van der Waals surface area (Å²) in [7, 11) is -4.70. The minimum absolute atomic E-state index is 0.00971. The molecule has 15 nitrogen and oxygen atoms in total. The lowest BCUT2D eigenvalue weighted by molar-refractivity contribution is -0.156. The summed E-state index contributed by atoms with van der Waals surface area (Å²) in [5.41, 5.74) is 0. The van der Waals surface area contributed by atoms with Crippen LogP contribution in [0.5, 0.6) is 0 Å². The molecule has 16 heteroatoms. The summed E-state index contributed by atoms with van der Waals surface area (Å²) in [5, 5.41) is 11.0. The number of ether oxygens (including phenoxy) is 4. The maximum Gasteiger partial charge on any atom is 0.472 e. The molecule has 0 fully saturated rings. The molecular weight excluding hydrogens is 894 g/mol. The molecule has 68 heavy (non-hydrogen) atoms. The van der Waals surface area contributed by atoms with Crippen molar-refractivity contribution in [1.29, 1.82) is 0 Å². The van der Waals surface area contributed by atoms with Gasteiger partial charge in [0.2, 0.25) is 5.91 Å². The fraction of sp³-hybridized carbons (Fsp3) is 0.904. The summed E-state index contributed by atoms with van der Waals surface area (Å²) in [6.45, 7) is 3.62. The van der Waals surface area contributed by atoms with Crippen LogP contribution in [0.15, 0.2) is 0 Å². The number of aliphatic carboxylic acids is 1. The van der Waals surface area contributed by atoms with Crippen molar-refractivity contribution in [3.63, 3.8) is 0 Å². The normalized spacial score (nSPS) is 12.6. The summed E-state index contributed by atoms with van der Waals surface area (Å²) >= 11 is 0. The number of phosphoric ester groups is 1. The molecule has 0 bridgehead atoms. The maximum atomic E-state index is 13.1. The first-order chi connectivity index (χ1) is 33.0. The predicted molar refractivity (Wildman–Crippen MR) is 267 cm³/mol. The van der Waals surface area contributed by atoms with E-state index in [0.29, 0.717) is 12.8 Å². The number of phosphoric acid groups is 1. The fourth-order valence-electron chi connectivity index (χ4n) is 7.67. The van der Waals surface area contributed by atoms with Crippen LogP contribution in [0.2, 0.25) is 0 Å². The summed E-state index contributed by atoms with van der Waals surface area (Å²) in [4.78, 5) is 70.7. The maximum absolute atomic E-state index is 13.1. The van der Waals surface area contributed by atoms with E-state index in [9.17, 15) is 33.4 Å². The van der Waals surface area contributed by atoms with Gasteiger partial charge in [-0.2, -0.15) is 0 Å². The number of rotatable bonds is 53. The Kier molecular flexibility index (Phi) is 47.5. The highest BCUT2D eigenvalue weighted by Crippen LogP contribution is 2.43. The van der Waals surface area contributed by atoms with Crippen LogP contribution in [-0.2, 0) is 56.5 Å². The standard InChI is InChI=1S/C52H98NO14P/c1-3-5-7-9-11-13-15-17-19-21-23-25-27-29-31-33-39-63-51(58)45-47(52(59)65-40-34-32-30-28-26-24-22-20-18-16-14-12-10-8-6-4-2)46-67-68(60,61)66-42-38-53-48(54)35-36-50(57)64-44-43-62-41-37-49(55)56/h47H,3-46H2,1-2H3,(H,53,54)(H,55,56)(H,60,61). The van der Waals surface area contributed by atoms with Crippen LogP contribution in [0, 0.1) is 5.92 Å². The van der Waals surface area contributed by atoms with Crippen molar-refractivity contribution in [2.45, 2.75) is 245 Å². The summed E-state index contributed by atoms with van der Waals surface area (Å²) in [6, 6.07) is 0. The van der Waals surface area contributed by atoms with Gasteiger partial charge in [-0.15, -0.1) is 0 Å². The number of carbonyl (C=O) groups excluding carboxylic acids is 4. The third-order valence-electron chi connectivity index (χ3n) is 11.9. The van der Waals surface area contributed by atoms with Gasteiger partial charge < -0.3 is 34.3 Å². The Morgan fingerprint density at radius 1 is 0.456 bits per heavy atom. The van der Waals surface area contributed by atoms with Crippen molar-refractivity contribution in [2.75, 3.05) is 52.8 Å². The zero-order chi connectivity index (χ0) is 50.0. The van der Waals surface area contributed by atoms with Crippen LogP contribution in [0.4, 0.5) is 0 Å². The number of nitrogens with one attached hydrogen (secondary N) is 1. The van der Waals surface area contributed by atoms with E-state index in [1.54, 1.807) is 0 Å². The second kappa shape index (κ2) is 49.4. The first kappa shape index (κ1) is 65.4. The smallest absolute Gasteiger partial charge is 0.472 e. The lowest BCUT2D eigenvalue weighted by Gasteiger charge is -2.18. The molecule has 0 spiro atoms. The second-order valence-corrected chi connectivity index (χ2v) is 19.8. The fourth-order valence-corrected chi connectivity index (χ4v) is 8.44. The Morgan fingerprint density at radius 2 is 0.868 bits per heavy atom. The summed E-state index contributed by atoms with van der Waals surface area (Å²) < 4.78 is 43.7. The number of carbonyl (C=O) groups is 5. The van der Waals surface area contributed by atoms with E-state index in [-0.39, 0.29) is 65.3 Å². The molecule has 0 aromatic rings. The van der Waals surface area contributed by atoms with Crippen LogP contribution in [0.25, 0.3) is 0 Å². The van der Waals surface area contributed by atoms with E-state index in [1.807, 2.05) is 0 Å². The lowest BCUT2D eigenvalue weighted by atomic mass is 10.0. The molecule has 1 amide bonds. The third-order valence-corrected chi connectivity index (χ3v) is 12.9. The zero-order valence-electron chi connectivity index (χ0n) is 42.9. The van der Waals surface area contributed by atoms with Crippen molar-refractivity contribution < 1.29 is 66.5 Å². The van der Waals surface area contributed by atoms with Crippen LogP contribution in [0.3, 0.4) is 0 Å². The molecule has 0 rings (SSSR count). The highest BCUT2D eigenvalue weighted by Gasteiger charge is 2.30. The molecule has 3 N–H and O–H groups in total. The molecule has 400 valence electrons. The Hall–Kier alpha value is -2.58. The number of amides is 1. The van der Waals surface area contributed by atoms with Crippen molar-refractivity contribution in [3.05, 3.63) is 0 Å². The van der Waals surface area contributed by atoms with Crippen LogP contribution < -0.4 is 5.32 Å². The van der Waals surface area contributed by atoms with E-state index in [1.165, 1.54) is 154 Å². The largest absolute Gasteiger partial charge is 0.481 e. The molecule has 2 unspecified atom stereocenters. The Balaban J connectivity index is 4.56. The molecule has 0 radical (unpaired) electrons. The molecule has 0 aliphatic rings. The molecule has 0 aromatic carbocycles. The first-order valence-electron chi connectivity index (χ1n) is 27.2. The van der Waals surface area contributed by atoms with Crippen LogP contribution >= 0.6 is 7.82 Å². The predicted octanol–water partition coefficient (Wildman–Crippen LogP) is 12.7. The van der Waals surface area contributed by atoms with E-state index in [2.05, 4.69) is 19.2 Å². The van der Waals surface area contributed by atoms with Crippen LogP contribution in [-0.4, -0.2) is 92.6 Å². The number of hydrogen-bond donors (Lipinski definition) is 3. The minimum Gasteiger partial charge on any atom is -0.481 e. The average Bonchev–Trinajstić information content (AvgIpc) is 3.31. The third kappa shape index (κ3) is 48.4. The van der Waals surface area contributed by atoms with Gasteiger partial charge in [-0.05, 0) is 12.8 Å². The summed E-state index contributed by atoms with van der Waals surface area (Å²) in [6.07, 6.45) is 38.4. The zero-order valence-corrected chi connectivity index (χ0v) is 43.8. The Morgan fingerprint density at radius 3 is 1.31 bits per heavy atom. The molecule has 0 aliphatic carbocycles. The van der Waals surface area contributed by atoms with Gasteiger partial charge in [0.15, 0.2) is 0 Å². The molecular formula is C52H98NO14P. The Labute approximate surface area is 412 Å². The molecule has 0 saturated carbocycles. The molecule has 0 heterocycles. The molecule has 0 aliphatic heterocycles. The van der Waals surface area contributed by atoms with Gasteiger partial charge in [0.05, 0.1) is 64.8 Å². The minimum atomic E-state index is -4.70. The number of carboxylic acids is 1. The van der Waals surface area contributed by atoms with E-state index >= 15 is 0 Å². The molecule has 0 aromatic heterocycles. The van der Waals surface area contributed by atoms with Crippen molar-refractivity contribution in [1.82, 2.24) is 5.32 Å². The van der Waals surface area contributed by atoms with Gasteiger partial charge in [-0.3, -0.25) is 33.0 Å². The highest BCUT2D eigenvalue weighted by molar-refractivity contribution is 7.47.